The number of rotatable bonds is 7. The molecule has 0 spiro atoms. The van der Waals surface area contributed by atoms with Gasteiger partial charge in [0.2, 0.25) is 5.91 Å². The van der Waals surface area contributed by atoms with Crippen molar-refractivity contribution < 1.29 is 9.53 Å². The molecule has 0 aliphatic carbocycles. The Balaban J connectivity index is 1.57. The molecule has 0 radical (unpaired) electrons. The Morgan fingerprint density at radius 1 is 0.963 bits per heavy atom. The Morgan fingerprint density at radius 2 is 1.67 bits per heavy atom. The van der Waals surface area contributed by atoms with Crippen LogP contribution >= 0.6 is 11.8 Å². The van der Waals surface area contributed by atoms with Crippen LogP contribution in [0.4, 0.5) is 5.69 Å². The number of carbonyl (C=O) groups excluding carboxylic acids is 1. The normalized spacial score (nSPS) is 10.4. The number of aryl methyl sites for hydroxylation is 1. The first kappa shape index (κ1) is 19.1. The molecular formula is C23H23NO2S. The molecule has 27 heavy (non-hydrogen) atoms. The minimum Gasteiger partial charge on any atom is -0.497 e. The van der Waals surface area contributed by atoms with Gasteiger partial charge < -0.3 is 10.1 Å². The topological polar surface area (TPSA) is 38.3 Å². The molecule has 3 nitrogen and oxygen atoms in total. The number of ether oxygens (including phenoxy) is 1. The van der Waals surface area contributed by atoms with Crippen molar-refractivity contribution >= 4 is 23.4 Å². The van der Waals surface area contributed by atoms with E-state index in [0.717, 1.165) is 28.3 Å². The lowest BCUT2D eigenvalue weighted by Gasteiger charge is -2.11. The summed E-state index contributed by atoms with van der Waals surface area (Å²) < 4.78 is 5.14. The van der Waals surface area contributed by atoms with Gasteiger partial charge in [0, 0.05) is 16.3 Å². The van der Waals surface area contributed by atoms with Crippen LogP contribution in [0.25, 0.3) is 0 Å². The summed E-state index contributed by atoms with van der Waals surface area (Å²) in [5, 5.41) is 3.01. The average molecular weight is 378 g/mol. The average Bonchev–Trinajstić information content (AvgIpc) is 2.69. The highest BCUT2D eigenvalue weighted by atomic mass is 32.2. The fraction of sp³-hybridized carbons (Fsp3) is 0.174. The summed E-state index contributed by atoms with van der Waals surface area (Å²) in [6, 6.07) is 24.1. The van der Waals surface area contributed by atoms with Gasteiger partial charge in [0.1, 0.15) is 5.75 Å². The maximum absolute atomic E-state index is 12.3. The lowest BCUT2D eigenvalue weighted by Crippen LogP contribution is -2.15. The van der Waals surface area contributed by atoms with Crippen molar-refractivity contribution in [1.29, 1.82) is 0 Å². The first-order chi connectivity index (χ1) is 13.1. The molecule has 0 saturated carbocycles. The zero-order valence-corrected chi connectivity index (χ0v) is 16.4. The Labute approximate surface area is 164 Å². The molecule has 0 aromatic heterocycles. The van der Waals surface area contributed by atoms with E-state index in [-0.39, 0.29) is 5.91 Å². The van der Waals surface area contributed by atoms with E-state index in [2.05, 4.69) is 41.7 Å². The second kappa shape index (κ2) is 9.28. The summed E-state index contributed by atoms with van der Waals surface area (Å²) in [5.41, 5.74) is 4.14. The van der Waals surface area contributed by atoms with Gasteiger partial charge in [-0.1, -0.05) is 42.5 Å². The number of methoxy groups -OCH3 is 1. The summed E-state index contributed by atoms with van der Waals surface area (Å²) in [6.07, 6.45) is 0.342. The molecule has 1 N–H and O–H groups in total. The molecule has 3 aromatic rings. The van der Waals surface area contributed by atoms with Crippen LogP contribution in [-0.4, -0.2) is 13.0 Å². The van der Waals surface area contributed by atoms with Crippen LogP contribution in [0.3, 0.4) is 0 Å². The maximum atomic E-state index is 12.3. The number of nitrogens with one attached hydrogen (secondary N) is 1. The molecule has 0 atom stereocenters. The largest absolute Gasteiger partial charge is 0.497 e. The molecule has 3 aromatic carbocycles. The molecule has 0 aliphatic heterocycles. The quantitative estimate of drug-likeness (QED) is 0.554. The van der Waals surface area contributed by atoms with E-state index in [9.17, 15) is 4.79 Å². The zero-order chi connectivity index (χ0) is 19.1. The summed E-state index contributed by atoms with van der Waals surface area (Å²) >= 11 is 1.81. The molecule has 0 unspecified atom stereocenters. The SMILES string of the molecule is COc1ccc(CC(=O)Nc2ccc(CSc3ccccc3)cc2C)cc1. The molecule has 0 saturated heterocycles. The zero-order valence-electron chi connectivity index (χ0n) is 15.6. The minimum atomic E-state index is -0.0188. The van der Waals surface area contributed by atoms with Crippen LogP contribution in [0, 0.1) is 6.92 Å². The van der Waals surface area contributed by atoms with Gasteiger partial charge in [0.05, 0.1) is 13.5 Å². The second-order valence-corrected chi connectivity index (χ2v) is 7.37. The molecule has 0 aliphatic rings. The van der Waals surface area contributed by atoms with Crippen LogP contribution < -0.4 is 10.1 Å². The maximum Gasteiger partial charge on any atom is 0.228 e. The van der Waals surface area contributed by atoms with E-state index < -0.39 is 0 Å². The highest BCUT2D eigenvalue weighted by molar-refractivity contribution is 7.98. The van der Waals surface area contributed by atoms with Crippen LogP contribution in [0.1, 0.15) is 16.7 Å². The van der Waals surface area contributed by atoms with E-state index in [1.165, 1.54) is 10.5 Å². The van der Waals surface area contributed by atoms with Gasteiger partial charge in [-0.3, -0.25) is 4.79 Å². The Kier molecular flexibility index (Phi) is 6.55. The standard InChI is InChI=1S/C23H23NO2S/c1-17-14-19(16-27-21-6-4-3-5-7-21)10-13-22(17)24-23(25)15-18-8-11-20(26-2)12-9-18/h3-14H,15-16H2,1-2H3,(H,24,25). The van der Waals surface area contributed by atoms with Crippen LogP contribution in [0.15, 0.2) is 77.7 Å². The van der Waals surface area contributed by atoms with Crippen molar-refractivity contribution in [3.05, 3.63) is 89.5 Å². The monoisotopic (exact) mass is 377 g/mol. The van der Waals surface area contributed by atoms with Crippen LogP contribution in [-0.2, 0) is 17.0 Å². The van der Waals surface area contributed by atoms with Crippen molar-refractivity contribution in [3.63, 3.8) is 0 Å². The van der Waals surface area contributed by atoms with Crippen molar-refractivity contribution in [2.75, 3.05) is 12.4 Å². The molecule has 0 heterocycles. The van der Waals surface area contributed by atoms with Crippen molar-refractivity contribution in [3.8, 4) is 5.75 Å². The number of amides is 1. The van der Waals surface area contributed by atoms with Crippen molar-refractivity contribution in [1.82, 2.24) is 0 Å². The first-order valence-corrected chi connectivity index (χ1v) is 9.83. The second-order valence-electron chi connectivity index (χ2n) is 6.32. The summed E-state index contributed by atoms with van der Waals surface area (Å²) in [7, 11) is 1.63. The number of thioether (sulfide) groups is 1. The van der Waals surface area contributed by atoms with E-state index in [0.29, 0.717) is 6.42 Å². The minimum absolute atomic E-state index is 0.0188. The fourth-order valence-electron chi connectivity index (χ4n) is 2.76. The highest BCUT2D eigenvalue weighted by Gasteiger charge is 2.07. The van der Waals surface area contributed by atoms with Gasteiger partial charge in [0.15, 0.2) is 0 Å². The van der Waals surface area contributed by atoms with Crippen molar-refractivity contribution in [2.45, 2.75) is 24.0 Å². The molecule has 0 fully saturated rings. The fourth-order valence-corrected chi connectivity index (χ4v) is 3.62. The predicted octanol–water partition coefficient (Wildman–Crippen LogP) is 5.48. The Morgan fingerprint density at radius 3 is 2.33 bits per heavy atom. The Bertz CT molecular complexity index is 892. The lowest BCUT2D eigenvalue weighted by atomic mass is 10.1. The van der Waals surface area contributed by atoms with E-state index in [1.54, 1.807) is 7.11 Å². The van der Waals surface area contributed by atoms with Gasteiger partial charge in [-0.2, -0.15) is 0 Å². The first-order valence-electron chi connectivity index (χ1n) is 8.84. The van der Waals surface area contributed by atoms with Crippen molar-refractivity contribution in [2.24, 2.45) is 0 Å². The Hall–Kier alpha value is -2.72. The number of hydrogen-bond acceptors (Lipinski definition) is 3. The summed E-state index contributed by atoms with van der Waals surface area (Å²) in [4.78, 5) is 13.6. The molecule has 0 bridgehead atoms. The van der Waals surface area contributed by atoms with Gasteiger partial charge in [-0.05, 0) is 53.9 Å². The summed E-state index contributed by atoms with van der Waals surface area (Å²) in [5.74, 6) is 1.68. The number of carbonyl (C=O) groups is 1. The molecular weight excluding hydrogens is 354 g/mol. The van der Waals surface area contributed by atoms with E-state index in [1.807, 2.05) is 55.1 Å². The smallest absolute Gasteiger partial charge is 0.228 e. The van der Waals surface area contributed by atoms with Gasteiger partial charge in [-0.25, -0.2) is 0 Å². The van der Waals surface area contributed by atoms with Gasteiger partial charge in [0.25, 0.3) is 0 Å². The third-order valence-electron chi connectivity index (χ3n) is 4.24. The van der Waals surface area contributed by atoms with Crippen LogP contribution in [0.2, 0.25) is 0 Å². The molecule has 3 rings (SSSR count). The summed E-state index contributed by atoms with van der Waals surface area (Å²) in [6.45, 7) is 2.03. The number of anilines is 1. The van der Waals surface area contributed by atoms with E-state index in [4.69, 9.17) is 4.74 Å². The van der Waals surface area contributed by atoms with E-state index >= 15 is 0 Å². The number of benzene rings is 3. The molecule has 4 heteroatoms. The van der Waals surface area contributed by atoms with Gasteiger partial charge in [-0.15, -0.1) is 11.8 Å². The lowest BCUT2D eigenvalue weighted by molar-refractivity contribution is -0.115. The molecule has 138 valence electrons. The molecule has 1 amide bonds. The van der Waals surface area contributed by atoms with Gasteiger partial charge >= 0.3 is 0 Å². The third-order valence-corrected chi connectivity index (χ3v) is 5.32. The third kappa shape index (κ3) is 5.63. The number of hydrogen-bond donors (Lipinski definition) is 1. The van der Waals surface area contributed by atoms with Crippen LogP contribution in [0.5, 0.6) is 5.75 Å². The highest BCUT2D eigenvalue weighted by Crippen LogP contribution is 2.25. The predicted molar refractivity (Wildman–Crippen MR) is 113 cm³/mol.